The van der Waals surface area contributed by atoms with Gasteiger partial charge in [0.15, 0.2) is 0 Å². The lowest BCUT2D eigenvalue weighted by molar-refractivity contribution is -0.136. The fourth-order valence-corrected chi connectivity index (χ4v) is 4.49. The zero-order valence-electron chi connectivity index (χ0n) is 16.4. The van der Waals surface area contributed by atoms with E-state index in [2.05, 4.69) is 33.8 Å². The third-order valence-electron chi connectivity index (χ3n) is 5.97. The number of hydrogen-bond acceptors (Lipinski definition) is 4. The molecule has 2 aliphatic heterocycles. The molecular formula is C21H34N4O. The van der Waals surface area contributed by atoms with Crippen LogP contribution in [-0.2, 0) is 11.3 Å². The van der Waals surface area contributed by atoms with E-state index in [1.54, 1.807) is 0 Å². The minimum Gasteiger partial charge on any atom is -0.345 e. The second-order valence-corrected chi connectivity index (χ2v) is 7.96. The Morgan fingerprint density at radius 2 is 1.92 bits per heavy atom. The molecule has 0 aromatic carbocycles. The van der Waals surface area contributed by atoms with Crippen LogP contribution in [0.25, 0.3) is 0 Å². The normalized spacial score (nSPS) is 23.1. The second-order valence-electron chi connectivity index (χ2n) is 7.96. The Morgan fingerprint density at radius 3 is 2.62 bits per heavy atom. The minimum absolute atomic E-state index is 0.204. The number of amides is 1. The fourth-order valence-electron chi connectivity index (χ4n) is 4.49. The summed E-state index contributed by atoms with van der Waals surface area (Å²) in [7, 11) is 1.96. The van der Waals surface area contributed by atoms with Crippen LogP contribution in [0.1, 0.15) is 44.6 Å². The number of pyridine rings is 1. The molecule has 5 nitrogen and oxygen atoms in total. The Balaban J connectivity index is 1.47. The van der Waals surface area contributed by atoms with Crippen molar-refractivity contribution in [3.8, 4) is 0 Å². The Morgan fingerprint density at radius 1 is 1.19 bits per heavy atom. The van der Waals surface area contributed by atoms with Crippen molar-refractivity contribution >= 4 is 5.91 Å². The molecule has 144 valence electrons. The van der Waals surface area contributed by atoms with Gasteiger partial charge in [0, 0.05) is 45.1 Å². The van der Waals surface area contributed by atoms with Gasteiger partial charge < -0.3 is 4.90 Å². The molecule has 5 heteroatoms. The average Bonchev–Trinajstić information content (AvgIpc) is 2.69. The van der Waals surface area contributed by atoms with E-state index in [0.717, 1.165) is 58.5 Å². The molecule has 0 saturated carbocycles. The van der Waals surface area contributed by atoms with Crippen LogP contribution >= 0.6 is 0 Å². The van der Waals surface area contributed by atoms with Crippen LogP contribution in [0.4, 0.5) is 0 Å². The topological polar surface area (TPSA) is 39.7 Å². The highest BCUT2D eigenvalue weighted by Crippen LogP contribution is 2.25. The summed E-state index contributed by atoms with van der Waals surface area (Å²) >= 11 is 0. The lowest BCUT2D eigenvalue weighted by Crippen LogP contribution is -2.50. The van der Waals surface area contributed by atoms with Crippen molar-refractivity contribution in [2.75, 3.05) is 39.8 Å². The Labute approximate surface area is 158 Å². The number of carbonyl (C=O) groups excluding carboxylic acids is 1. The minimum atomic E-state index is 0.204. The maximum atomic E-state index is 12.7. The molecule has 26 heavy (non-hydrogen) atoms. The van der Waals surface area contributed by atoms with Crippen LogP contribution in [0.5, 0.6) is 0 Å². The predicted octanol–water partition coefficient (Wildman–Crippen LogP) is 2.63. The molecule has 1 aromatic heterocycles. The zero-order chi connectivity index (χ0) is 18.4. The molecule has 0 N–H and O–H groups in total. The van der Waals surface area contributed by atoms with E-state index in [9.17, 15) is 4.79 Å². The molecule has 3 rings (SSSR count). The van der Waals surface area contributed by atoms with Gasteiger partial charge in [-0.25, -0.2) is 0 Å². The average molecular weight is 359 g/mol. The summed E-state index contributed by atoms with van der Waals surface area (Å²) in [6.45, 7) is 8.46. The lowest BCUT2D eigenvalue weighted by atomic mass is 9.93. The van der Waals surface area contributed by atoms with Gasteiger partial charge in [0.25, 0.3) is 0 Å². The van der Waals surface area contributed by atoms with Crippen molar-refractivity contribution in [2.24, 2.45) is 5.92 Å². The van der Waals surface area contributed by atoms with Gasteiger partial charge in [-0.1, -0.05) is 6.92 Å². The molecule has 3 heterocycles. The summed E-state index contributed by atoms with van der Waals surface area (Å²) in [4.78, 5) is 23.9. The molecular weight excluding hydrogens is 324 g/mol. The van der Waals surface area contributed by atoms with E-state index in [0.29, 0.717) is 11.9 Å². The number of aromatic nitrogens is 1. The summed E-state index contributed by atoms with van der Waals surface area (Å²) in [5.74, 6) is 0.557. The smallest absolute Gasteiger partial charge is 0.226 e. The maximum absolute atomic E-state index is 12.7. The molecule has 0 unspecified atom stereocenters. The predicted molar refractivity (Wildman–Crippen MR) is 105 cm³/mol. The number of carbonyl (C=O) groups is 1. The highest BCUT2D eigenvalue weighted by Gasteiger charge is 2.32. The molecule has 2 fully saturated rings. The van der Waals surface area contributed by atoms with Crippen LogP contribution in [0.2, 0.25) is 0 Å². The number of hydrogen-bond donors (Lipinski definition) is 0. The molecule has 1 amide bonds. The van der Waals surface area contributed by atoms with E-state index in [1.165, 1.54) is 18.4 Å². The zero-order valence-corrected chi connectivity index (χ0v) is 16.4. The van der Waals surface area contributed by atoms with Gasteiger partial charge in [-0.2, -0.15) is 0 Å². The van der Waals surface area contributed by atoms with Crippen molar-refractivity contribution in [3.05, 3.63) is 30.1 Å². The van der Waals surface area contributed by atoms with E-state index >= 15 is 0 Å². The first-order chi connectivity index (χ1) is 12.7. The van der Waals surface area contributed by atoms with Gasteiger partial charge >= 0.3 is 0 Å². The first kappa shape index (κ1) is 19.3. The Kier molecular flexibility index (Phi) is 7.03. The Bertz CT molecular complexity index is 556. The second kappa shape index (κ2) is 9.47. The van der Waals surface area contributed by atoms with Crippen LogP contribution in [0.15, 0.2) is 24.5 Å². The van der Waals surface area contributed by atoms with Crippen molar-refractivity contribution in [2.45, 2.75) is 51.6 Å². The highest BCUT2D eigenvalue weighted by molar-refractivity contribution is 5.78. The van der Waals surface area contributed by atoms with Gasteiger partial charge in [-0.15, -0.1) is 0 Å². The summed E-state index contributed by atoms with van der Waals surface area (Å²) in [5.41, 5.74) is 1.35. The van der Waals surface area contributed by atoms with Crippen LogP contribution in [-0.4, -0.2) is 71.4 Å². The summed E-state index contributed by atoms with van der Waals surface area (Å²) < 4.78 is 0. The first-order valence-corrected chi connectivity index (χ1v) is 10.3. The van der Waals surface area contributed by atoms with Gasteiger partial charge in [-0.05, 0) is 69.4 Å². The van der Waals surface area contributed by atoms with Gasteiger partial charge in [0.1, 0.15) is 0 Å². The number of piperidine rings is 2. The van der Waals surface area contributed by atoms with E-state index < -0.39 is 0 Å². The van der Waals surface area contributed by atoms with Crippen LogP contribution in [0, 0.1) is 5.92 Å². The SMILES string of the molecule is CCCN(C)C(=O)[C@H]1CCCN(C2CCN(Cc3ccncc3)CC2)C1. The van der Waals surface area contributed by atoms with Gasteiger partial charge in [0.2, 0.25) is 5.91 Å². The molecule has 1 aromatic rings. The molecule has 2 saturated heterocycles. The fraction of sp³-hybridized carbons (Fsp3) is 0.714. The quantitative estimate of drug-likeness (QED) is 0.784. The molecule has 0 aliphatic carbocycles. The highest BCUT2D eigenvalue weighted by atomic mass is 16.2. The number of likely N-dealkylation sites (tertiary alicyclic amines) is 2. The van der Waals surface area contributed by atoms with Gasteiger partial charge in [-0.3, -0.25) is 19.6 Å². The van der Waals surface area contributed by atoms with Crippen molar-refractivity contribution in [1.82, 2.24) is 19.7 Å². The maximum Gasteiger partial charge on any atom is 0.226 e. The number of nitrogens with zero attached hydrogens (tertiary/aromatic N) is 4. The van der Waals surface area contributed by atoms with E-state index in [4.69, 9.17) is 0 Å². The largest absolute Gasteiger partial charge is 0.345 e. The van der Waals surface area contributed by atoms with E-state index in [-0.39, 0.29) is 5.92 Å². The standard InChI is InChI=1S/C21H34N4O/c1-3-12-23(2)21(26)19-5-4-13-25(17-19)20-8-14-24(15-9-20)16-18-6-10-22-11-7-18/h6-7,10-11,19-20H,3-5,8-9,12-17H2,1-2H3/t19-/m0/s1. The molecule has 0 spiro atoms. The van der Waals surface area contributed by atoms with E-state index in [1.807, 2.05) is 24.3 Å². The van der Waals surface area contributed by atoms with Crippen LogP contribution in [0.3, 0.4) is 0 Å². The van der Waals surface area contributed by atoms with Crippen molar-refractivity contribution < 1.29 is 4.79 Å². The lowest BCUT2D eigenvalue weighted by Gasteiger charge is -2.42. The Hall–Kier alpha value is -1.46. The van der Waals surface area contributed by atoms with Crippen LogP contribution < -0.4 is 0 Å². The summed E-state index contributed by atoms with van der Waals surface area (Å²) in [5, 5.41) is 0. The molecule has 2 aliphatic rings. The molecule has 0 radical (unpaired) electrons. The van der Waals surface area contributed by atoms with Crippen molar-refractivity contribution in [3.63, 3.8) is 0 Å². The first-order valence-electron chi connectivity index (χ1n) is 10.3. The number of rotatable bonds is 6. The third kappa shape index (κ3) is 5.04. The molecule has 0 bridgehead atoms. The monoisotopic (exact) mass is 358 g/mol. The summed E-state index contributed by atoms with van der Waals surface area (Å²) in [6.07, 6.45) is 9.45. The summed E-state index contributed by atoms with van der Waals surface area (Å²) in [6, 6.07) is 4.87. The van der Waals surface area contributed by atoms with Gasteiger partial charge in [0.05, 0.1) is 5.92 Å². The van der Waals surface area contributed by atoms with Crippen molar-refractivity contribution in [1.29, 1.82) is 0 Å². The third-order valence-corrected chi connectivity index (χ3v) is 5.97. The molecule has 1 atom stereocenters.